The van der Waals surface area contributed by atoms with E-state index >= 15 is 0 Å². The first-order chi connectivity index (χ1) is 9.60. The van der Waals surface area contributed by atoms with Crippen LogP contribution in [-0.2, 0) is 12.3 Å². The third-order valence-corrected chi connectivity index (χ3v) is 5.77. The average Bonchev–Trinajstić information content (AvgIpc) is 2.88. The second-order valence-electron chi connectivity index (χ2n) is 6.38. The predicted molar refractivity (Wildman–Crippen MR) is 88.6 cm³/mol. The molecule has 0 saturated carbocycles. The zero-order valence-electron chi connectivity index (χ0n) is 12.9. The van der Waals surface area contributed by atoms with Gasteiger partial charge < -0.3 is 4.90 Å². The highest BCUT2D eigenvalue weighted by Gasteiger charge is 2.27. The van der Waals surface area contributed by atoms with Gasteiger partial charge in [-0.15, -0.1) is 22.9 Å². The second kappa shape index (κ2) is 7.77. The van der Waals surface area contributed by atoms with E-state index < -0.39 is 0 Å². The van der Waals surface area contributed by atoms with Crippen molar-refractivity contribution in [3.8, 4) is 0 Å². The van der Waals surface area contributed by atoms with Gasteiger partial charge in [-0.3, -0.25) is 0 Å². The monoisotopic (exact) mass is 314 g/mol. The number of hydrogen-bond acceptors (Lipinski definition) is 3. The Bertz CT molecular complexity index is 407. The zero-order chi connectivity index (χ0) is 14.5. The Hall–Kier alpha value is -0.120. The number of aryl methyl sites for hydroxylation is 1. The molecule has 0 bridgehead atoms. The minimum Gasteiger partial charge on any atom is -0.300 e. The van der Waals surface area contributed by atoms with Crippen molar-refractivity contribution in [1.29, 1.82) is 0 Å². The van der Waals surface area contributed by atoms with E-state index in [9.17, 15) is 0 Å². The van der Waals surface area contributed by atoms with Crippen LogP contribution in [-0.4, -0.2) is 29.0 Å². The van der Waals surface area contributed by atoms with E-state index in [0.29, 0.717) is 5.88 Å². The third kappa shape index (κ3) is 4.44. The number of aromatic nitrogens is 1. The topological polar surface area (TPSA) is 16.1 Å². The maximum absolute atomic E-state index is 5.78. The molecule has 1 fully saturated rings. The van der Waals surface area contributed by atoms with Gasteiger partial charge >= 0.3 is 0 Å². The van der Waals surface area contributed by atoms with Crippen molar-refractivity contribution in [2.75, 3.05) is 13.1 Å². The van der Waals surface area contributed by atoms with Crippen molar-refractivity contribution >= 4 is 22.9 Å². The summed E-state index contributed by atoms with van der Waals surface area (Å²) >= 11 is 7.54. The number of nitrogens with zero attached hydrogens (tertiary/aromatic N) is 2. The summed E-state index contributed by atoms with van der Waals surface area (Å²) in [5, 5.41) is 3.33. The highest BCUT2D eigenvalue weighted by molar-refractivity contribution is 7.09. The van der Waals surface area contributed by atoms with Gasteiger partial charge in [0, 0.05) is 18.0 Å². The van der Waals surface area contributed by atoms with E-state index in [4.69, 9.17) is 11.6 Å². The fourth-order valence-corrected chi connectivity index (χ4v) is 4.31. The molecule has 114 valence electrons. The molecule has 3 atom stereocenters. The van der Waals surface area contributed by atoms with E-state index in [1.165, 1.54) is 37.4 Å². The zero-order valence-corrected chi connectivity index (χ0v) is 14.5. The first-order valence-electron chi connectivity index (χ1n) is 7.83. The smallest absolute Gasteiger partial charge is 0.0928 e. The highest BCUT2D eigenvalue weighted by Crippen LogP contribution is 2.27. The Kier molecular flexibility index (Phi) is 6.31. The summed E-state index contributed by atoms with van der Waals surface area (Å²) in [7, 11) is 0. The van der Waals surface area contributed by atoms with Crippen LogP contribution in [0.25, 0.3) is 0 Å². The normalized spacial score (nSPS) is 27.9. The van der Waals surface area contributed by atoms with Crippen molar-refractivity contribution in [2.24, 2.45) is 11.8 Å². The molecular formula is C16H27ClN2S. The molecule has 0 aliphatic carbocycles. The Balaban J connectivity index is 1.69. The fourth-order valence-electron chi connectivity index (χ4n) is 3.24. The molecule has 1 saturated heterocycles. The number of piperidine rings is 1. The van der Waals surface area contributed by atoms with E-state index in [0.717, 1.165) is 30.0 Å². The molecule has 3 unspecified atom stereocenters. The van der Waals surface area contributed by atoms with Crippen LogP contribution in [0, 0.1) is 11.8 Å². The van der Waals surface area contributed by atoms with Gasteiger partial charge in [-0.2, -0.15) is 0 Å². The van der Waals surface area contributed by atoms with Crippen LogP contribution >= 0.6 is 22.9 Å². The van der Waals surface area contributed by atoms with Crippen molar-refractivity contribution in [1.82, 2.24) is 9.88 Å². The summed E-state index contributed by atoms with van der Waals surface area (Å²) in [6.45, 7) is 9.70. The molecule has 4 heteroatoms. The Morgan fingerprint density at radius 3 is 2.85 bits per heavy atom. The van der Waals surface area contributed by atoms with Crippen LogP contribution in [0.5, 0.6) is 0 Å². The highest BCUT2D eigenvalue weighted by atomic mass is 35.5. The van der Waals surface area contributed by atoms with Gasteiger partial charge in [-0.25, -0.2) is 4.98 Å². The van der Waals surface area contributed by atoms with Gasteiger partial charge in [-0.05, 0) is 51.0 Å². The average molecular weight is 315 g/mol. The van der Waals surface area contributed by atoms with Gasteiger partial charge in [0.15, 0.2) is 0 Å². The van der Waals surface area contributed by atoms with Crippen molar-refractivity contribution in [3.63, 3.8) is 0 Å². The predicted octanol–water partition coefficient (Wildman–Crippen LogP) is 4.57. The van der Waals surface area contributed by atoms with Gasteiger partial charge in [0.25, 0.3) is 0 Å². The lowest BCUT2D eigenvalue weighted by Gasteiger charge is -2.41. The molecule has 0 amide bonds. The Morgan fingerprint density at radius 2 is 2.15 bits per heavy atom. The van der Waals surface area contributed by atoms with Crippen molar-refractivity contribution in [3.05, 3.63) is 16.1 Å². The molecule has 2 rings (SSSR count). The Labute approximate surface area is 132 Å². The number of hydrogen-bond donors (Lipinski definition) is 0. The van der Waals surface area contributed by atoms with E-state index in [-0.39, 0.29) is 0 Å². The van der Waals surface area contributed by atoms with Crippen LogP contribution in [0.1, 0.15) is 50.7 Å². The first-order valence-corrected chi connectivity index (χ1v) is 9.25. The quantitative estimate of drug-likeness (QED) is 0.565. The molecular weight excluding hydrogens is 288 g/mol. The van der Waals surface area contributed by atoms with E-state index in [2.05, 4.69) is 36.0 Å². The molecule has 0 spiro atoms. The summed E-state index contributed by atoms with van der Waals surface area (Å²) in [6.07, 6.45) is 5.01. The molecule has 20 heavy (non-hydrogen) atoms. The molecule has 0 radical (unpaired) electrons. The summed E-state index contributed by atoms with van der Waals surface area (Å²) < 4.78 is 0. The lowest BCUT2D eigenvalue weighted by atomic mass is 9.86. The van der Waals surface area contributed by atoms with Gasteiger partial charge in [0.05, 0.1) is 16.6 Å². The molecule has 1 aromatic rings. The third-order valence-electron chi connectivity index (χ3n) is 4.54. The molecule has 1 aromatic heterocycles. The van der Waals surface area contributed by atoms with Gasteiger partial charge in [-0.1, -0.05) is 13.8 Å². The van der Waals surface area contributed by atoms with Crippen LogP contribution in [0.15, 0.2) is 5.38 Å². The van der Waals surface area contributed by atoms with E-state index in [1.807, 2.05) is 0 Å². The first kappa shape index (κ1) is 16.3. The van der Waals surface area contributed by atoms with Crippen LogP contribution in [0.3, 0.4) is 0 Å². The lowest BCUT2D eigenvalue weighted by molar-refractivity contribution is 0.0783. The number of alkyl halides is 1. The minimum atomic E-state index is 0.539. The summed E-state index contributed by atoms with van der Waals surface area (Å²) in [6, 6.07) is 0.744. The van der Waals surface area contributed by atoms with Gasteiger partial charge in [0.1, 0.15) is 0 Å². The van der Waals surface area contributed by atoms with Crippen LogP contribution in [0.4, 0.5) is 0 Å². The summed E-state index contributed by atoms with van der Waals surface area (Å²) in [4.78, 5) is 7.21. The van der Waals surface area contributed by atoms with Crippen LogP contribution in [0.2, 0.25) is 0 Å². The molecule has 1 aliphatic heterocycles. The number of halogens is 1. The fraction of sp³-hybridized carbons (Fsp3) is 0.812. The summed E-state index contributed by atoms with van der Waals surface area (Å²) in [5.74, 6) is 2.23. The lowest BCUT2D eigenvalue weighted by Crippen LogP contribution is -2.46. The molecule has 2 nitrogen and oxygen atoms in total. The second-order valence-corrected chi connectivity index (χ2v) is 7.59. The van der Waals surface area contributed by atoms with Crippen molar-refractivity contribution in [2.45, 2.75) is 58.4 Å². The maximum atomic E-state index is 5.78. The maximum Gasteiger partial charge on any atom is 0.0928 e. The Morgan fingerprint density at radius 1 is 1.35 bits per heavy atom. The number of thiazole rings is 1. The van der Waals surface area contributed by atoms with E-state index in [1.54, 1.807) is 11.3 Å². The molecule has 0 N–H and O–H groups in total. The summed E-state index contributed by atoms with van der Waals surface area (Å²) in [5.41, 5.74) is 1.03. The molecule has 2 heterocycles. The number of likely N-dealkylation sites (tertiary alicyclic amines) is 1. The van der Waals surface area contributed by atoms with Crippen molar-refractivity contribution < 1.29 is 0 Å². The largest absolute Gasteiger partial charge is 0.300 e. The molecule has 0 aromatic carbocycles. The minimum absolute atomic E-state index is 0.539. The number of rotatable bonds is 6. The molecule has 1 aliphatic rings. The SMILES string of the molecule is CC1CC(C)C(C)N(CCCCc2nc(CCl)cs2)C1. The van der Waals surface area contributed by atoms with Crippen LogP contribution < -0.4 is 0 Å². The van der Waals surface area contributed by atoms with Gasteiger partial charge in [0.2, 0.25) is 0 Å². The number of unbranched alkanes of at least 4 members (excludes halogenated alkanes) is 1. The standard InChI is InChI=1S/C16H27ClN2S/c1-12-8-13(2)14(3)19(10-12)7-5-4-6-16-18-15(9-17)11-20-16/h11-14H,4-10H2,1-3H3.